The maximum atomic E-state index is 12.1. The zero-order valence-corrected chi connectivity index (χ0v) is 24.2. The average Bonchev–Trinajstić information content (AvgIpc) is 2.98. The van der Waals surface area contributed by atoms with Crippen LogP contribution in [0.15, 0.2) is 0 Å². The van der Waals surface area contributed by atoms with Crippen LogP contribution in [0.25, 0.3) is 0 Å². The summed E-state index contributed by atoms with van der Waals surface area (Å²) in [6.45, 7) is -0.596. The van der Waals surface area contributed by atoms with Gasteiger partial charge in [0, 0.05) is 12.3 Å². The number of methoxy groups -OCH3 is 1. The van der Waals surface area contributed by atoms with Crippen molar-refractivity contribution in [1.29, 1.82) is 0 Å². The fraction of sp³-hybridized carbons (Fsp3) is 0.893. The molecule has 16 atom stereocenters. The Labute approximate surface area is 252 Å². The summed E-state index contributed by atoms with van der Waals surface area (Å²) in [5, 5.41) is 73.2. The summed E-state index contributed by atoms with van der Waals surface area (Å²) in [6.07, 6.45) is -14.5. The van der Waals surface area contributed by atoms with Gasteiger partial charge in [-0.05, 0) is 43.9 Å². The van der Waals surface area contributed by atoms with Crippen molar-refractivity contribution in [3.8, 4) is 0 Å². The highest BCUT2D eigenvalue weighted by molar-refractivity contribution is 5.91. The summed E-state index contributed by atoms with van der Waals surface area (Å²) >= 11 is 0. The predicted molar refractivity (Wildman–Crippen MR) is 140 cm³/mol. The van der Waals surface area contributed by atoms with Crippen LogP contribution in [0.4, 0.5) is 0 Å². The van der Waals surface area contributed by atoms with Gasteiger partial charge < -0.3 is 64.2 Å². The number of carbonyl (C=O) groups excluding carboxylic acids is 2. The molecule has 0 aromatic rings. The van der Waals surface area contributed by atoms with E-state index in [-0.39, 0.29) is 43.9 Å². The quantitative estimate of drug-likeness (QED) is 0.105. The molecule has 3 heterocycles. The van der Waals surface area contributed by atoms with Crippen LogP contribution in [0.3, 0.4) is 0 Å². The van der Waals surface area contributed by atoms with E-state index >= 15 is 0 Å². The van der Waals surface area contributed by atoms with Gasteiger partial charge in [0.15, 0.2) is 12.4 Å². The van der Waals surface area contributed by atoms with Gasteiger partial charge in [-0.25, -0.2) is 4.79 Å². The summed E-state index contributed by atoms with van der Waals surface area (Å²) in [4.78, 5) is 35.5. The maximum Gasteiger partial charge on any atom is 0.332 e. The second-order valence-corrected chi connectivity index (χ2v) is 12.5. The van der Waals surface area contributed by atoms with Crippen LogP contribution in [0.2, 0.25) is 0 Å². The van der Waals surface area contributed by atoms with Gasteiger partial charge >= 0.3 is 17.9 Å². The van der Waals surface area contributed by atoms with Gasteiger partial charge in [0.1, 0.15) is 37.4 Å². The molecule has 5 aliphatic rings. The Hall–Kier alpha value is -1.99. The van der Waals surface area contributed by atoms with Crippen molar-refractivity contribution in [1.82, 2.24) is 0 Å². The molecule has 250 valence electrons. The van der Waals surface area contributed by atoms with Crippen molar-refractivity contribution < 1.29 is 78.6 Å². The molecule has 0 aromatic heterocycles. The van der Waals surface area contributed by atoms with E-state index in [0.717, 1.165) is 7.11 Å². The van der Waals surface area contributed by atoms with Crippen LogP contribution in [0.1, 0.15) is 44.9 Å². The number of aliphatic hydroxyl groups excluding tert-OH is 6. The van der Waals surface area contributed by atoms with Crippen molar-refractivity contribution >= 4 is 17.9 Å². The zero-order chi connectivity index (χ0) is 31.9. The highest BCUT2D eigenvalue weighted by Crippen LogP contribution is 2.51. The standard InChI is InChI=1S/C28H42O16/c1-39-19(32)8-20(33)40-9-18-22(34)23(35)24(36)28(43-18)44-26-12-7-17(27(37)38)41-15-5-11(29)6-16(21(12)15)42-25(26)10-2-3-13(30)14(31)4-10/h10-18,21-26,28-31,34-36H,2-9H2,1H3,(H,37,38). The molecule has 2 aliphatic carbocycles. The Morgan fingerprint density at radius 1 is 0.795 bits per heavy atom. The van der Waals surface area contributed by atoms with Gasteiger partial charge in [0.2, 0.25) is 0 Å². The van der Waals surface area contributed by atoms with E-state index in [1.807, 2.05) is 0 Å². The van der Waals surface area contributed by atoms with Crippen molar-refractivity contribution in [2.45, 2.75) is 124 Å². The molecule has 16 heteroatoms. The topological polar surface area (TPSA) is 248 Å². The van der Waals surface area contributed by atoms with Crippen molar-refractivity contribution in [3.05, 3.63) is 0 Å². The third-order valence-electron chi connectivity index (χ3n) is 9.71. The number of aliphatic carboxylic acids is 1. The molecule has 0 aromatic carbocycles. The Balaban J connectivity index is 1.41. The monoisotopic (exact) mass is 634 g/mol. The van der Waals surface area contributed by atoms with Crippen molar-refractivity contribution in [3.63, 3.8) is 0 Å². The Bertz CT molecular complexity index is 1040. The van der Waals surface area contributed by atoms with Crippen LogP contribution in [0, 0.1) is 17.8 Å². The fourth-order valence-electron chi connectivity index (χ4n) is 7.49. The molecule has 7 N–H and O–H groups in total. The number of ether oxygens (including phenoxy) is 6. The minimum atomic E-state index is -1.79. The summed E-state index contributed by atoms with van der Waals surface area (Å²) in [7, 11) is 1.10. The SMILES string of the molecule is COC(=O)CC(=O)OCC1OC(OC2C3CC(C(=O)O)OC4CC(O)CC(OC2C2CCC(O)C(O)C2)C43)C(O)C(O)C1O. The molecule has 5 rings (SSSR count). The lowest BCUT2D eigenvalue weighted by Gasteiger charge is -2.57. The minimum Gasteiger partial charge on any atom is -0.479 e. The average molecular weight is 635 g/mol. The van der Waals surface area contributed by atoms with Gasteiger partial charge in [0.25, 0.3) is 0 Å². The molecule has 2 saturated carbocycles. The first-order chi connectivity index (χ1) is 20.9. The predicted octanol–water partition coefficient (Wildman–Crippen LogP) is -2.80. The summed E-state index contributed by atoms with van der Waals surface area (Å²) in [5.74, 6) is -4.30. The van der Waals surface area contributed by atoms with Crippen LogP contribution in [0.5, 0.6) is 0 Å². The molecule has 0 spiro atoms. The maximum absolute atomic E-state index is 12.1. The summed E-state index contributed by atoms with van der Waals surface area (Å²) in [6, 6.07) is 0. The Morgan fingerprint density at radius 2 is 1.50 bits per heavy atom. The Morgan fingerprint density at radius 3 is 2.16 bits per heavy atom. The molecular formula is C28H42O16. The number of hydrogen-bond donors (Lipinski definition) is 7. The number of carboxylic acid groups (broad SMARTS) is 1. The molecule has 16 unspecified atom stereocenters. The zero-order valence-electron chi connectivity index (χ0n) is 24.2. The van der Waals surface area contributed by atoms with Crippen LogP contribution < -0.4 is 0 Å². The first-order valence-corrected chi connectivity index (χ1v) is 15.0. The smallest absolute Gasteiger partial charge is 0.332 e. The molecule has 16 nitrogen and oxygen atoms in total. The van der Waals surface area contributed by atoms with Crippen LogP contribution >= 0.6 is 0 Å². The van der Waals surface area contributed by atoms with E-state index < -0.39 is 116 Å². The first kappa shape index (κ1) is 33.4. The lowest BCUT2D eigenvalue weighted by Crippen LogP contribution is -2.67. The Kier molecular flexibility index (Phi) is 10.5. The van der Waals surface area contributed by atoms with Crippen LogP contribution in [-0.4, -0.2) is 147 Å². The van der Waals surface area contributed by atoms with E-state index in [9.17, 15) is 50.1 Å². The summed E-state index contributed by atoms with van der Waals surface area (Å²) < 4.78 is 34.0. The first-order valence-electron chi connectivity index (χ1n) is 15.0. The third-order valence-corrected chi connectivity index (χ3v) is 9.71. The number of carboxylic acids is 1. The number of esters is 2. The summed E-state index contributed by atoms with van der Waals surface area (Å²) in [5.41, 5.74) is 0. The number of aliphatic hydroxyl groups is 6. The van der Waals surface area contributed by atoms with Gasteiger partial charge in [-0.1, -0.05) is 0 Å². The van der Waals surface area contributed by atoms with Gasteiger partial charge in [-0.3, -0.25) is 9.59 Å². The number of hydrogen-bond acceptors (Lipinski definition) is 15. The molecule has 0 bridgehead atoms. The molecule has 0 amide bonds. The molecular weight excluding hydrogens is 592 g/mol. The minimum absolute atomic E-state index is 0.00802. The number of carbonyl (C=O) groups is 3. The second-order valence-electron chi connectivity index (χ2n) is 12.5. The van der Waals surface area contributed by atoms with E-state index in [2.05, 4.69) is 4.74 Å². The van der Waals surface area contributed by atoms with Crippen molar-refractivity contribution in [2.75, 3.05) is 13.7 Å². The highest BCUT2D eigenvalue weighted by atomic mass is 16.7. The van der Waals surface area contributed by atoms with E-state index in [4.69, 9.17) is 23.7 Å². The molecule has 3 saturated heterocycles. The van der Waals surface area contributed by atoms with Gasteiger partial charge in [-0.2, -0.15) is 0 Å². The molecule has 3 aliphatic heterocycles. The van der Waals surface area contributed by atoms with Gasteiger partial charge in [-0.15, -0.1) is 0 Å². The molecule has 5 fully saturated rings. The van der Waals surface area contributed by atoms with E-state index in [1.165, 1.54) is 0 Å². The highest BCUT2D eigenvalue weighted by Gasteiger charge is 2.59. The largest absolute Gasteiger partial charge is 0.479 e. The second kappa shape index (κ2) is 13.8. The van der Waals surface area contributed by atoms with E-state index in [0.29, 0.717) is 6.42 Å². The molecule has 0 radical (unpaired) electrons. The van der Waals surface area contributed by atoms with Crippen molar-refractivity contribution in [2.24, 2.45) is 17.8 Å². The van der Waals surface area contributed by atoms with E-state index in [1.54, 1.807) is 0 Å². The fourth-order valence-corrected chi connectivity index (χ4v) is 7.49. The van der Waals surface area contributed by atoms with Crippen LogP contribution in [-0.2, 0) is 42.8 Å². The molecule has 44 heavy (non-hydrogen) atoms. The normalized spacial score (nSPS) is 47.2. The lowest BCUT2D eigenvalue weighted by atomic mass is 9.64. The third kappa shape index (κ3) is 6.89. The van der Waals surface area contributed by atoms with Gasteiger partial charge in [0.05, 0.1) is 49.8 Å². The number of rotatable bonds is 8. The lowest BCUT2D eigenvalue weighted by molar-refractivity contribution is -0.350.